The molecule has 1 N–H and O–H groups in total. The molecule has 2 aromatic carbocycles. The predicted molar refractivity (Wildman–Crippen MR) is 139 cm³/mol. The number of nitrogens with zero attached hydrogens (tertiary/aromatic N) is 1. The molecular formula is C27H32ClNO8. The molecule has 0 saturated carbocycles. The number of aliphatic hydroxyl groups excluding tert-OH is 1. The van der Waals surface area contributed by atoms with Crippen molar-refractivity contribution in [3.8, 4) is 5.75 Å². The minimum Gasteiger partial charge on any atom is -0.497 e. The van der Waals surface area contributed by atoms with Crippen LogP contribution in [0, 0.1) is 6.92 Å². The topological polar surface area (TPSA) is 105 Å². The Kier molecular flexibility index (Phi) is 11.4. The second kappa shape index (κ2) is 14.7. The number of aliphatic hydroxyl groups is 1. The average molecular weight is 534 g/mol. The van der Waals surface area contributed by atoms with Gasteiger partial charge in [0.25, 0.3) is 5.91 Å². The number of halogens is 1. The highest BCUT2D eigenvalue weighted by Gasteiger charge is 2.22. The summed E-state index contributed by atoms with van der Waals surface area (Å²) < 4.78 is 28.2. The third-order valence-corrected chi connectivity index (χ3v) is 5.88. The van der Waals surface area contributed by atoms with E-state index in [2.05, 4.69) is 0 Å². The van der Waals surface area contributed by atoms with Gasteiger partial charge in [0.1, 0.15) is 12.4 Å². The highest BCUT2D eigenvalue weighted by molar-refractivity contribution is 6.30. The van der Waals surface area contributed by atoms with Gasteiger partial charge in [0.15, 0.2) is 0 Å². The van der Waals surface area contributed by atoms with Gasteiger partial charge in [-0.2, -0.15) is 0 Å². The summed E-state index contributed by atoms with van der Waals surface area (Å²) in [7, 11) is 1.56. The Hall–Kier alpha value is -2.95. The van der Waals surface area contributed by atoms with Crippen LogP contribution < -0.4 is 4.74 Å². The number of ether oxygens (including phenoxy) is 5. The highest BCUT2D eigenvalue weighted by Crippen LogP contribution is 2.31. The molecule has 0 spiro atoms. The van der Waals surface area contributed by atoms with Gasteiger partial charge in [-0.3, -0.25) is 14.2 Å². The van der Waals surface area contributed by atoms with E-state index in [1.807, 2.05) is 6.07 Å². The normalized spacial score (nSPS) is 11.1. The minimum atomic E-state index is -0.426. The van der Waals surface area contributed by atoms with Crippen LogP contribution in [0.2, 0.25) is 5.02 Å². The van der Waals surface area contributed by atoms with Crippen LogP contribution in [0.5, 0.6) is 5.75 Å². The van der Waals surface area contributed by atoms with Gasteiger partial charge < -0.3 is 28.8 Å². The summed E-state index contributed by atoms with van der Waals surface area (Å²) in [6.07, 6.45) is -0.00660. The van der Waals surface area contributed by atoms with E-state index in [0.717, 1.165) is 5.39 Å². The standard InChI is InChI=1S/C27H32ClNO8/c1-19-23(18-26(31)37-16-15-36-14-13-35-12-11-34-10-9-30)24-17-22(33-2)7-8-25(24)29(19)27(32)20-3-5-21(28)6-4-20/h3-8,17,30H,9-16,18H2,1-2H3. The Morgan fingerprint density at radius 2 is 1.51 bits per heavy atom. The SMILES string of the molecule is COc1ccc2c(c1)c(CC(=O)OCCOCCOCCOCCO)c(C)n2C(=O)c1ccc(Cl)cc1. The van der Waals surface area contributed by atoms with Crippen LogP contribution in [-0.4, -0.2) is 81.5 Å². The lowest BCUT2D eigenvalue weighted by molar-refractivity contribution is -0.144. The van der Waals surface area contributed by atoms with Crippen molar-refractivity contribution in [1.29, 1.82) is 0 Å². The van der Waals surface area contributed by atoms with Gasteiger partial charge in [-0.1, -0.05) is 11.6 Å². The molecule has 3 rings (SSSR count). The maximum absolute atomic E-state index is 13.4. The van der Waals surface area contributed by atoms with Crippen LogP contribution in [0.3, 0.4) is 0 Å². The largest absolute Gasteiger partial charge is 0.497 e. The van der Waals surface area contributed by atoms with Gasteiger partial charge in [-0.15, -0.1) is 0 Å². The molecule has 0 fully saturated rings. The first-order valence-electron chi connectivity index (χ1n) is 11.9. The van der Waals surface area contributed by atoms with Crippen molar-refractivity contribution in [2.45, 2.75) is 13.3 Å². The maximum Gasteiger partial charge on any atom is 0.310 e. The lowest BCUT2D eigenvalue weighted by Crippen LogP contribution is -2.16. The van der Waals surface area contributed by atoms with Crippen LogP contribution in [0.15, 0.2) is 42.5 Å². The number of hydrogen-bond donors (Lipinski definition) is 1. The summed E-state index contributed by atoms with van der Waals surface area (Å²) in [4.78, 5) is 26.0. The van der Waals surface area contributed by atoms with Gasteiger partial charge in [0.05, 0.1) is 65.3 Å². The molecule has 0 aliphatic heterocycles. The molecule has 0 aliphatic carbocycles. The summed E-state index contributed by atoms with van der Waals surface area (Å²) in [5.74, 6) is -0.0295. The molecule has 200 valence electrons. The third-order valence-electron chi connectivity index (χ3n) is 5.63. The van der Waals surface area contributed by atoms with Crippen molar-refractivity contribution in [3.63, 3.8) is 0 Å². The first-order chi connectivity index (χ1) is 18.0. The van der Waals surface area contributed by atoms with E-state index >= 15 is 0 Å². The van der Waals surface area contributed by atoms with Gasteiger partial charge >= 0.3 is 5.97 Å². The predicted octanol–water partition coefficient (Wildman–Crippen LogP) is 3.43. The molecule has 0 unspecified atom stereocenters. The number of benzene rings is 2. The number of aromatic nitrogens is 1. The Bertz CT molecular complexity index is 1180. The molecule has 0 bridgehead atoms. The molecule has 1 heterocycles. The molecule has 0 aliphatic rings. The van der Waals surface area contributed by atoms with Crippen molar-refractivity contribution in [2.24, 2.45) is 0 Å². The van der Waals surface area contributed by atoms with E-state index in [1.165, 1.54) is 0 Å². The smallest absolute Gasteiger partial charge is 0.310 e. The fourth-order valence-corrected chi connectivity index (χ4v) is 3.94. The second-order valence-corrected chi connectivity index (χ2v) is 8.49. The number of hydrogen-bond acceptors (Lipinski definition) is 8. The van der Waals surface area contributed by atoms with Gasteiger partial charge in [0, 0.05) is 21.7 Å². The molecule has 10 heteroatoms. The molecule has 0 saturated heterocycles. The quantitative estimate of drug-likeness (QED) is 0.234. The molecule has 1 aromatic heterocycles. The van der Waals surface area contributed by atoms with Crippen LogP contribution in [0.4, 0.5) is 0 Å². The van der Waals surface area contributed by atoms with E-state index < -0.39 is 5.97 Å². The van der Waals surface area contributed by atoms with Crippen molar-refractivity contribution < 1.29 is 38.4 Å². The molecule has 9 nitrogen and oxygen atoms in total. The number of carbonyl (C=O) groups excluding carboxylic acids is 2. The summed E-state index contributed by atoms with van der Waals surface area (Å²) in [6.45, 7) is 3.98. The summed E-state index contributed by atoms with van der Waals surface area (Å²) in [5, 5.41) is 9.91. The van der Waals surface area contributed by atoms with Crippen LogP contribution in [0.1, 0.15) is 21.6 Å². The average Bonchev–Trinajstić information content (AvgIpc) is 3.17. The first kappa shape index (κ1) is 28.6. The Morgan fingerprint density at radius 1 is 0.892 bits per heavy atom. The molecule has 0 amide bonds. The highest BCUT2D eigenvalue weighted by atomic mass is 35.5. The molecule has 37 heavy (non-hydrogen) atoms. The molecular weight excluding hydrogens is 502 g/mol. The van der Waals surface area contributed by atoms with Crippen molar-refractivity contribution in [2.75, 3.05) is 60.0 Å². The van der Waals surface area contributed by atoms with E-state index in [0.29, 0.717) is 59.5 Å². The zero-order valence-corrected chi connectivity index (χ0v) is 21.8. The lowest BCUT2D eigenvalue weighted by atomic mass is 10.1. The van der Waals surface area contributed by atoms with E-state index in [1.54, 1.807) is 55.0 Å². The van der Waals surface area contributed by atoms with Crippen LogP contribution in [0.25, 0.3) is 10.9 Å². The zero-order valence-electron chi connectivity index (χ0n) is 21.0. The van der Waals surface area contributed by atoms with E-state index in [9.17, 15) is 9.59 Å². The lowest BCUT2D eigenvalue weighted by Gasteiger charge is -2.09. The van der Waals surface area contributed by atoms with Crippen molar-refractivity contribution >= 4 is 34.4 Å². The Morgan fingerprint density at radius 3 is 2.14 bits per heavy atom. The van der Waals surface area contributed by atoms with Crippen LogP contribution in [-0.2, 0) is 30.2 Å². The number of methoxy groups -OCH3 is 1. The fraction of sp³-hybridized carbons (Fsp3) is 0.407. The number of fused-ring (bicyclic) bond motifs is 1. The molecule has 0 atom stereocenters. The summed E-state index contributed by atoms with van der Waals surface area (Å²) in [6, 6.07) is 12.1. The zero-order chi connectivity index (χ0) is 26.6. The third kappa shape index (κ3) is 8.02. The monoisotopic (exact) mass is 533 g/mol. The van der Waals surface area contributed by atoms with Gasteiger partial charge in [0.2, 0.25) is 0 Å². The Labute approximate surface area is 220 Å². The second-order valence-electron chi connectivity index (χ2n) is 8.05. The Balaban J connectivity index is 1.59. The fourth-order valence-electron chi connectivity index (χ4n) is 3.81. The maximum atomic E-state index is 13.4. The number of carbonyl (C=O) groups is 2. The van der Waals surface area contributed by atoms with E-state index in [4.69, 9.17) is 40.4 Å². The minimum absolute atomic E-state index is 0.00660. The molecule has 0 radical (unpaired) electrons. The molecule has 3 aromatic rings. The van der Waals surface area contributed by atoms with Crippen molar-refractivity contribution in [1.82, 2.24) is 4.57 Å². The van der Waals surface area contributed by atoms with E-state index in [-0.39, 0.29) is 38.8 Å². The first-order valence-corrected chi connectivity index (χ1v) is 12.3. The summed E-state index contributed by atoms with van der Waals surface area (Å²) >= 11 is 5.98. The number of esters is 1. The number of rotatable bonds is 15. The summed E-state index contributed by atoms with van der Waals surface area (Å²) in [5.41, 5.74) is 2.50. The van der Waals surface area contributed by atoms with Crippen LogP contribution >= 0.6 is 11.6 Å². The van der Waals surface area contributed by atoms with Gasteiger partial charge in [-0.25, -0.2) is 0 Å². The van der Waals surface area contributed by atoms with Gasteiger partial charge in [-0.05, 0) is 55.0 Å². The van der Waals surface area contributed by atoms with Crippen molar-refractivity contribution in [3.05, 3.63) is 64.3 Å².